The van der Waals surface area contributed by atoms with Crippen LogP contribution in [0.5, 0.6) is 0 Å². The highest BCUT2D eigenvalue weighted by Crippen LogP contribution is 2.41. The molecule has 2 N–H and O–H groups in total. The number of fused-ring (bicyclic) bond motifs is 1. The topological polar surface area (TPSA) is 105 Å². The van der Waals surface area contributed by atoms with Gasteiger partial charge in [0.25, 0.3) is 0 Å². The standard InChI is InChI=1S/C23H18FN7/c24-15-7-6-14-10-16(21(30-19(14)11-15)18-4-1-2-8-27-18)20-5-3-9-31(20)23-17(12-25)22(26)28-13-29-23/h1-2,4,6-8,10-11,13,20H,3,5,9H2,(H2,26,28,29). The third kappa shape index (κ3) is 3.30. The largest absolute Gasteiger partial charge is 0.382 e. The molecule has 1 saturated heterocycles. The van der Waals surface area contributed by atoms with Crippen molar-refractivity contribution in [3.8, 4) is 17.5 Å². The van der Waals surface area contributed by atoms with E-state index in [4.69, 9.17) is 10.7 Å². The molecular formula is C23H18FN7. The van der Waals surface area contributed by atoms with Crippen LogP contribution in [0.4, 0.5) is 16.0 Å². The van der Waals surface area contributed by atoms with Crippen LogP contribution >= 0.6 is 0 Å². The summed E-state index contributed by atoms with van der Waals surface area (Å²) in [5.41, 5.74) is 9.12. The first-order chi connectivity index (χ1) is 15.2. The summed E-state index contributed by atoms with van der Waals surface area (Å²) in [5.74, 6) is 0.344. The van der Waals surface area contributed by atoms with E-state index >= 15 is 0 Å². The number of nitrogens with two attached hydrogens (primary N) is 1. The van der Waals surface area contributed by atoms with Gasteiger partial charge in [-0.25, -0.2) is 19.3 Å². The minimum Gasteiger partial charge on any atom is -0.382 e. The average Bonchev–Trinajstić information content (AvgIpc) is 3.28. The third-order valence-corrected chi connectivity index (χ3v) is 5.57. The molecule has 1 aromatic carbocycles. The Morgan fingerprint density at radius 1 is 1.13 bits per heavy atom. The Labute approximate surface area is 178 Å². The van der Waals surface area contributed by atoms with Gasteiger partial charge in [0.05, 0.1) is 22.9 Å². The molecule has 1 aliphatic heterocycles. The van der Waals surface area contributed by atoms with Crippen molar-refractivity contribution < 1.29 is 4.39 Å². The lowest BCUT2D eigenvalue weighted by Gasteiger charge is -2.28. The second-order valence-corrected chi connectivity index (χ2v) is 7.40. The summed E-state index contributed by atoms with van der Waals surface area (Å²) < 4.78 is 13.9. The number of pyridine rings is 2. The van der Waals surface area contributed by atoms with Crippen molar-refractivity contribution in [3.63, 3.8) is 0 Å². The van der Waals surface area contributed by atoms with Crippen molar-refractivity contribution in [1.82, 2.24) is 19.9 Å². The Kier molecular flexibility index (Phi) is 4.64. The molecule has 4 heterocycles. The molecule has 4 aromatic rings. The van der Waals surface area contributed by atoms with E-state index in [1.54, 1.807) is 12.3 Å². The number of hydrogen-bond donors (Lipinski definition) is 1. The van der Waals surface area contributed by atoms with Crippen LogP contribution in [0.3, 0.4) is 0 Å². The molecule has 0 saturated carbocycles. The number of nitrogens with zero attached hydrogens (tertiary/aromatic N) is 6. The fourth-order valence-corrected chi connectivity index (χ4v) is 4.18. The number of nitrogen functional groups attached to an aromatic ring is 1. The Morgan fingerprint density at radius 2 is 2.03 bits per heavy atom. The van der Waals surface area contributed by atoms with Gasteiger partial charge < -0.3 is 10.6 Å². The van der Waals surface area contributed by atoms with Gasteiger partial charge in [-0.2, -0.15) is 5.26 Å². The number of halogens is 1. The normalized spacial score (nSPS) is 15.9. The number of anilines is 2. The maximum atomic E-state index is 13.9. The van der Waals surface area contributed by atoms with Gasteiger partial charge in [-0.3, -0.25) is 4.98 Å². The summed E-state index contributed by atoms with van der Waals surface area (Å²) in [6.07, 6.45) is 4.86. The van der Waals surface area contributed by atoms with Gasteiger partial charge >= 0.3 is 0 Å². The molecule has 1 fully saturated rings. The highest BCUT2D eigenvalue weighted by Gasteiger charge is 2.32. The minimum absolute atomic E-state index is 0.0830. The van der Waals surface area contributed by atoms with E-state index in [0.29, 0.717) is 22.7 Å². The zero-order valence-corrected chi connectivity index (χ0v) is 16.5. The molecule has 152 valence electrons. The summed E-state index contributed by atoms with van der Waals surface area (Å²) in [6, 6.07) is 14.3. The fourth-order valence-electron chi connectivity index (χ4n) is 4.18. The van der Waals surface area contributed by atoms with Crippen molar-refractivity contribution in [2.45, 2.75) is 18.9 Å². The van der Waals surface area contributed by atoms with Gasteiger partial charge in [-0.1, -0.05) is 6.07 Å². The molecule has 8 heteroatoms. The van der Waals surface area contributed by atoms with Crippen molar-refractivity contribution >= 4 is 22.5 Å². The van der Waals surface area contributed by atoms with Gasteiger partial charge in [-0.05, 0) is 43.2 Å². The maximum Gasteiger partial charge on any atom is 0.152 e. The number of aromatic nitrogens is 4. The van der Waals surface area contributed by atoms with E-state index in [2.05, 4.69) is 25.9 Å². The van der Waals surface area contributed by atoms with Gasteiger partial charge in [0, 0.05) is 29.8 Å². The second kappa shape index (κ2) is 7.61. The quantitative estimate of drug-likeness (QED) is 0.543. The first-order valence-corrected chi connectivity index (χ1v) is 9.94. The van der Waals surface area contributed by atoms with Crippen LogP contribution < -0.4 is 10.6 Å². The number of benzene rings is 1. The Balaban J connectivity index is 1.71. The predicted molar refractivity (Wildman–Crippen MR) is 115 cm³/mol. The number of rotatable bonds is 3. The molecular weight excluding hydrogens is 393 g/mol. The van der Waals surface area contributed by atoms with Crippen LogP contribution in [0.15, 0.2) is 55.0 Å². The zero-order valence-electron chi connectivity index (χ0n) is 16.5. The Bertz CT molecular complexity index is 1320. The second-order valence-electron chi connectivity index (χ2n) is 7.40. The summed E-state index contributed by atoms with van der Waals surface area (Å²) in [4.78, 5) is 19.7. The van der Waals surface area contributed by atoms with Crippen LogP contribution in [0, 0.1) is 17.1 Å². The van der Waals surface area contributed by atoms with E-state index in [9.17, 15) is 9.65 Å². The van der Waals surface area contributed by atoms with Crippen molar-refractivity contribution in [3.05, 3.63) is 71.9 Å². The lowest BCUT2D eigenvalue weighted by atomic mass is 9.98. The number of hydrogen-bond acceptors (Lipinski definition) is 7. The average molecular weight is 411 g/mol. The lowest BCUT2D eigenvalue weighted by Crippen LogP contribution is -2.26. The highest BCUT2D eigenvalue weighted by atomic mass is 19.1. The monoisotopic (exact) mass is 411 g/mol. The van der Waals surface area contributed by atoms with Crippen LogP contribution in [0.2, 0.25) is 0 Å². The van der Waals surface area contributed by atoms with E-state index in [1.165, 1.54) is 18.5 Å². The van der Waals surface area contributed by atoms with Crippen molar-refractivity contribution in [2.24, 2.45) is 0 Å². The van der Waals surface area contributed by atoms with E-state index in [-0.39, 0.29) is 23.2 Å². The first kappa shape index (κ1) is 18.9. The van der Waals surface area contributed by atoms with E-state index < -0.39 is 0 Å². The zero-order chi connectivity index (χ0) is 21.4. The maximum absolute atomic E-state index is 13.9. The van der Waals surface area contributed by atoms with Crippen molar-refractivity contribution in [2.75, 3.05) is 17.2 Å². The van der Waals surface area contributed by atoms with Gasteiger partial charge in [0.2, 0.25) is 0 Å². The summed E-state index contributed by atoms with van der Waals surface area (Å²) in [5, 5.41) is 10.5. The molecule has 1 atom stereocenters. The summed E-state index contributed by atoms with van der Waals surface area (Å²) >= 11 is 0. The summed E-state index contributed by atoms with van der Waals surface area (Å²) in [6.45, 7) is 0.721. The van der Waals surface area contributed by atoms with Crippen LogP contribution in [-0.2, 0) is 0 Å². The molecule has 0 bridgehead atoms. The van der Waals surface area contributed by atoms with Crippen LogP contribution in [0.1, 0.15) is 30.0 Å². The van der Waals surface area contributed by atoms with Crippen LogP contribution in [0.25, 0.3) is 22.3 Å². The van der Waals surface area contributed by atoms with E-state index in [0.717, 1.165) is 30.3 Å². The highest BCUT2D eigenvalue weighted by molar-refractivity contribution is 5.83. The molecule has 7 nitrogen and oxygen atoms in total. The van der Waals surface area contributed by atoms with Gasteiger partial charge in [0.1, 0.15) is 29.6 Å². The van der Waals surface area contributed by atoms with E-state index in [1.807, 2.05) is 24.3 Å². The molecule has 1 unspecified atom stereocenters. The first-order valence-electron chi connectivity index (χ1n) is 9.94. The molecule has 5 rings (SSSR count). The SMILES string of the molecule is N#Cc1c(N)ncnc1N1CCCC1c1cc2ccc(F)cc2nc1-c1ccccn1. The fraction of sp³-hybridized carbons (Fsp3) is 0.174. The molecule has 0 spiro atoms. The van der Waals surface area contributed by atoms with Gasteiger partial charge in [-0.15, -0.1) is 0 Å². The minimum atomic E-state index is -0.336. The Morgan fingerprint density at radius 3 is 2.84 bits per heavy atom. The molecule has 0 aliphatic carbocycles. The molecule has 1 aliphatic rings. The summed E-state index contributed by atoms with van der Waals surface area (Å²) in [7, 11) is 0. The van der Waals surface area contributed by atoms with Crippen LogP contribution in [-0.4, -0.2) is 26.5 Å². The molecule has 31 heavy (non-hydrogen) atoms. The molecule has 0 radical (unpaired) electrons. The Hall–Kier alpha value is -4.12. The molecule has 3 aromatic heterocycles. The predicted octanol–water partition coefficient (Wildman–Crippen LogP) is 4.02. The van der Waals surface area contributed by atoms with Crippen molar-refractivity contribution in [1.29, 1.82) is 5.26 Å². The lowest BCUT2D eigenvalue weighted by molar-refractivity contribution is 0.629. The molecule has 0 amide bonds. The van der Waals surface area contributed by atoms with Gasteiger partial charge in [0.15, 0.2) is 5.82 Å². The third-order valence-electron chi connectivity index (χ3n) is 5.57. The number of nitriles is 1. The smallest absolute Gasteiger partial charge is 0.152 e.